The first-order chi connectivity index (χ1) is 9.42. The molecule has 2 nitrogen and oxygen atoms in total. The van der Waals surface area contributed by atoms with Gasteiger partial charge >= 0.3 is 6.11 Å². The van der Waals surface area contributed by atoms with E-state index in [1.165, 1.54) is 30.3 Å². The third kappa shape index (κ3) is 2.91. The first-order valence-corrected chi connectivity index (χ1v) is 5.76. The summed E-state index contributed by atoms with van der Waals surface area (Å²) in [7, 11) is 0. The Labute approximate surface area is 114 Å². The number of nitrogens with zero attached hydrogens (tertiary/aromatic N) is 1. The van der Waals surface area contributed by atoms with E-state index in [0.29, 0.717) is 11.1 Å². The summed E-state index contributed by atoms with van der Waals surface area (Å²) in [5, 5.41) is 8.61. The lowest BCUT2D eigenvalue weighted by atomic mass is 10.1. The van der Waals surface area contributed by atoms with Crippen molar-refractivity contribution in [1.82, 2.24) is 0 Å². The summed E-state index contributed by atoms with van der Waals surface area (Å²) in [5.74, 6) is -1.17. The Bertz CT molecular complexity index is 660. The van der Waals surface area contributed by atoms with Crippen LogP contribution in [0.1, 0.15) is 16.7 Å². The maximum atomic E-state index is 13.9. The van der Waals surface area contributed by atoms with Gasteiger partial charge in [0.2, 0.25) is 0 Å². The maximum absolute atomic E-state index is 13.9. The van der Waals surface area contributed by atoms with Gasteiger partial charge in [-0.05, 0) is 48.9 Å². The SMILES string of the molecule is Cc1ccc(C(F)(F)Oc2ccc(C#N)cc2)c(F)c1. The minimum atomic E-state index is -3.79. The fraction of sp³-hybridized carbons (Fsp3) is 0.133. The zero-order valence-electron chi connectivity index (χ0n) is 10.5. The molecule has 2 aromatic rings. The molecule has 0 N–H and O–H groups in total. The normalized spacial score (nSPS) is 10.9. The van der Waals surface area contributed by atoms with Gasteiger partial charge in [0.25, 0.3) is 0 Å². The Morgan fingerprint density at radius 1 is 1.10 bits per heavy atom. The molecular formula is C15H10F3NO. The van der Waals surface area contributed by atoms with E-state index in [0.717, 1.165) is 12.1 Å². The van der Waals surface area contributed by atoms with Gasteiger partial charge in [0.15, 0.2) is 0 Å². The molecule has 0 saturated heterocycles. The topological polar surface area (TPSA) is 33.0 Å². The molecule has 0 bridgehead atoms. The van der Waals surface area contributed by atoms with Crippen molar-refractivity contribution in [2.24, 2.45) is 0 Å². The van der Waals surface area contributed by atoms with Crippen LogP contribution in [0.2, 0.25) is 0 Å². The molecule has 5 heteroatoms. The van der Waals surface area contributed by atoms with Gasteiger partial charge in [0.1, 0.15) is 11.6 Å². The van der Waals surface area contributed by atoms with Crippen LogP contribution in [-0.4, -0.2) is 0 Å². The molecule has 0 saturated carbocycles. The molecule has 102 valence electrons. The van der Waals surface area contributed by atoms with E-state index in [1.54, 1.807) is 6.92 Å². The lowest BCUT2D eigenvalue weighted by Crippen LogP contribution is -2.23. The largest absolute Gasteiger partial charge is 0.429 e. The first-order valence-electron chi connectivity index (χ1n) is 5.76. The van der Waals surface area contributed by atoms with E-state index in [9.17, 15) is 13.2 Å². The summed E-state index contributed by atoms with van der Waals surface area (Å²) < 4.78 is 45.9. The van der Waals surface area contributed by atoms with E-state index in [-0.39, 0.29) is 5.75 Å². The summed E-state index contributed by atoms with van der Waals surface area (Å²) in [6.45, 7) is 1.60. The van der Waals surface area contributed by atoms with Crippen molar-refractivity contribution in [3.8, 4) is 11.8 Å². The van der Waals surface area contributed by atoms with Gasteiger partial charge in [-0.2, -0.15) is 14.0 Å². The molecule has 0 aliphatic carbocycles. The first kappa shape index (κ1) is 13.9. The molecule has 20 heavy (non-hydrogen) atoms. The third-order valence-electron chi connectivity index (χ3n) is 2.67. The van der Waals surface area contributed by atoms with Crippen molar-refractivity contribution in [3.05, 3.63) is 65.0 Å². The van der Waals surface area contributed by atoms with Gasteiger partial charge in [-0.15, -0.1) is 0 Å². The highest BCUT2D eigenvalue weighted by atomic mass is 19.3. The van der Waals surface area contributed by atoms with Gasteiger partial charge in [0.05, 0.1) is 17.2 Å². The maximum Gasteiger partial charge on any atom is 0.429 e. The predicted molar refractivity (Wildman–Crippen MR) is 66.8 cm³/mol. The fourth-order valence-corrected chi connectivity index (χ4v) is 1.66. The molecule has 2 aromatic carbocycles. The van der Waals surface area contributed by atoms with Gasteiger partial charge < -0.3 is 4.74 Å². The summed E-state index contributed by atoms with van der Waals surface area (Å²) >= 11 is 0. The van der Waals surface area contributed by atoms with Crippen molar-refractivity contribution in [2.45, 2.75) is 13.0 Å². The molecule has 0 radical (unpaired) electrons. The lowest BCUT2D eigenvalue weighted by Gasteiger charge is -2.19. The van der Waals surface area contributed by atoms with Gasteiger partial charge in [-0.25, -0.2) is 4.39 Å². The average molecular weight is 277 g/mol. The Kier molecular flexibility index (Phi) is 3.66. The molecule has 2 rings (SSSR count). The number of nitriles is 1. The highest BCUT2D eigenvalue weighted by Crippen LogP contribution is 2.33. The Morgan fingerprint density at radius 2 is 1.75 bits per heavy atom. The number of benzene rings is 2. The van der Waals surface area contributed by atoms with Crippen molar-refractivity contribution < 1.29 is 17.9 Å². The van der Waals surface area contributed by atoms with E-state index < -0.39 is 17.5 Å². The minimum absolute atomic E-state index is 0.144. The summed E-state index contributed by atoms with van der Waals surface area (Å²) in [6.07, 6.45) is -3.79. The molecule has 0 atom stereocenters. The van der Waals surface area contributed by atoms with Crippen molar-refractivity contribution in [2.75, 3.05) is 0 Å². The number of hydrogen-bond acceptors (Lipinski definition) is 2. The van der Waals surface area contributed by atoms with Crippen molar-refractivity contribution >= 4 is 0 Å². The van der Waals surface area contributed by atoms with Crippen LogP contribution in [0.3, 0.4) is 0 Å². The molecule has 0 fully saturated rings. The molecule has 0 spiro atoms. The number of rotatable bonds is 3. The van der Waals surface area contributed by atoms with Crippen LogP contribution in [0.4, 0.5) is 13.2 Å². The minimum Gasteiger partial charge on any atom is -0.429 e. The summed E-state index contributed by atoms with van der Waals surface area (Å²) in [4.78, 5) is 0. The smallest absolute Gasteiger partial charge is 0.429 e. The molecule has 0 amide bonds. The summed E-state index contributed by atoms with van der Waals surface area (Å²) in [6, 6.07) is 10.4. The second-order valence-electron chi connectivity index (χ2n) is 4.24. The second-order valence-corrected chi connectivity index (χ2v) is 4.24. The molecule has 0 heterocycles. The number of aryl methyl sites for hydroxylation is 1. The Balaban J connectivity index is 2.27. The van der Waals surface area contributed by atoms with Gasteiger partial charge in [-0.1, -0.05) is 6.07 Å². The van der Waals surface area contributed by atoms with E-state index in [1.807, 2.05) is 6.07 Å². The van der Waals surface area contributed by atoms with Crippen LogP contribution in [0.15, 0.2) is 42.5 Å². The molecule has 0 aliphatic heterocycles. The highest BCUT2D eigenvalue weighted by molar-refractivity contribution is 5.35. The number of hydrogen-bond donors (Lipinski definition) is 0. The molecular weight excluding hydrogens is 267 g/mol. The summed E-state index contributed by atoms with van der Waals surface area (Å²) in [5.41, 5.74) is 0.0371. The average Bonchev–Trinajstić information content (AvgIpc) is 2.38. The van der Waals surface area contributed by atoms with Crippen LogP contribution in [0, 0.1) is 24.1 Å². The van der Waals surface area contributed by atoms with Crippen LogP contribution >= 0.6 is 0 Å². The number of alkyl halides is 2. The third-order valence-corrected chi connectivity index (χ3v) is 2.67. The predicted octanol–water partition coefficient (Wildman–Crippen LogP) is 4.13. The van der Waals surface area contributed by atoms with Crippen molar-refractivity contribution in [3.63, 3.8) is 0 Å². The monoisotopic (exact) mass is 277 g/mol. The van der Waals surface area contributed by atoms with Crippen LogP contribution in [0.5, 0.6) is 5.75 Å². The van der Waals surface area contributed by atoms with Gasteiger partial charge in [-0.3, -0.25) is 0 Å². The molecule has 0 aromatic heterocycles. The van der Waals surface area contributed by atoms with E-state index >= 15 is 0 Å². The number of ether oxygens (including phenoxy) is 1. The zero-order valence-corrected chi connectivity index (χ0v) is 10.5. The van der Waals surface area contributed by atoms with E-state index in [4.69, 9.17) is 5.26 Å². The van der Waals surface area contributed by atoms with Crippen molar-refractivity contribution in [1.29, 1.82) is 5.26 Å². The van der Waals surface area contributed by atoms with Crippen LogP contribution in [0.25, 0.3) is 0 Å². The molecule has 0 unspecified atom stereocenters. The highest BCUT2D eigenvalue weighted by Gasteiger charge is 2.37. The van der Waals surface area contributed by atoms with Crippen LogP contribution in [-0.2, 0) is 6.11 Å². The Hall–Kier alpha value is -2.48. The number of halogens is 3. The molecule has 0 aliphatic rings. The zero-order chi connectivity index (χ0) is 14.8. The van der Waals surface area contributed by atoms with Gasteiger partial charge in [0, 0.05) is 0 Å². The Morgan fingerprint density at radius 3 is 2.30 bits per heavy atom. The fourth-order valence-electron chi connectivity index (χ4n) is 1.66. The standard InChI is InChI=1S/C15H10F3NO/c1-10-2-7-13(14(16)8-10)15(17,18)20-12-5-3-11(9-19)4-6-12/h2-8H,1H3. The lowest BCUT2D eigenvalue weighted by molar-refractivity contribution is -0.187. The second kappa shape index (κ2) is 5.25. The van der Waals surface area contributed by atoms with E-state index in [2.05, 4.69) is 4.74 Å². The van der Waals surface area contributed by atoms with Crippen LogP contribution < -0.4 is 4.74 Å². The quantitative estimate of drug-likeness (QED) is 0.845.